The lowest BCUT2D eigenvalue weighted by molar-refractivity contribution is -0.162. The van der Waals surface area contributed by atoms with Crippen LogP contribution in [0.2, 0.25) is 0 Å². The Hall–Kier alpha value is -2.97. The van der Waals surface area contributed by atoms with Crippen molar-refractivity contribution in [3.05, 3.63) is 61.2 Å². The molecule has 1 N–H and O–H groups in total. The predicted molar refractivity (Wildman–Crippen MR) is 157 cm³/mol. The van der Waals surface area contributed by atoms with E-state index in [1.807, 2.05) is 44.2 Å². The number of aliphatic hydroxyl groups is 1. The lowest BCUT2D eigenvalue weighted by Gasteiger charge is -2.41. The Labute approximate surface area is 244 Å². The van der Waals surface area contributed by atoms with E-state index >= 15 is 0 Å². The van der Waals surface area contributed by atoms with Crippen LogP contribution in [0.15, 0.2) is 55.6 Å². The van der Waals surface area contributed by atoms with Gasteiger partial charge in [-0.25, -0.2) is 0 Å². The Morgan fingerprint density at radius 1 is 1.24 bits per heavy atom. The van der Waals surface area contributed by atoms with Gasteiger partial charge in [0, 0.05) is 12.6 Å². The van der Waals surface area contributed by atoms with Crippen LogP contribution < -0.4 is 0 Å². The Bertz CT molecular complexity index is 1120. The van der Waals surface area contributed by atoms with Gasteiger partial charge >= 0.3 is 5.97 Å². The second-order valence-corrected chi connectivity index (χ2v) is 12.0. The molecule has 3 aliphatic heterocycles. The maximum atomic E-state index is 14.6. The molecule has 1 aromatic rings. The summed E-state index contributed by atoms with van der Waals surface area (Å²) >= 11 is 0. The summed E-state index contributed by atoms with van der Waals surface area (Å²) in [7, 11) is 0. The van der Waals surface area contributed by atoms with Crippen LogP contribution in [0.25, 0.3) is 0 Å². The van der Waals surface area contributed by atoms with Gasteiger partial charge in [-0.3, -0.25) is 14.4 Å². The molecule has 41 heavy (non-hydrogen) atoms. The summed E-state index contributed by atoms with van der Waals surface area (Å²) in [5.74, 6) is -2.70. The number of rotatable bonds is 15. The Kier molecular flexibility index (Phi) is 9.75. The van der Waals surface area contributed by atoms with E-state index in [1.54, 1.807) is 22.0 Å². The van der Waals surface area contributed by atoms with Gasteiger partial charge in [0.15, 0.2) is 0 Å². The smallest absolute Gasteiger partial charge is 0.312 e. The van der Waals surface area contributed by atoms with Crippen molar-refractivity contribution < 1.29 is 29.0 Å². The first-order valence-corrected chi connectivity index (χ1v) is 15.0. The maximum Gasteiger partial charge on any atom is 0.312 e. The largest absolute Gasteiger partial charge is 0.465 e. The first-order chi connectivity index (χ1) is 19.7. The van der Waals surface area contributed by atoms with Gasteiger partial charge in [-0.15, -0.1) is 13.2 Å². The molecule has 0 aliphatic carbocycles. The molecular formula is C33H46N2O6. The van der Waals surface area contributed by atoms with Crippen LogP contribution in [0.3, 0.4) is 0 Å². The van der Waals surface area contributed by atoms with Crippen LogP contribution in [0, 0.1) is 11.8 Å². The van der Waals surface area contributed by atoms with Crippen LogP contribution in [0.4, 0.5) is 0 Å². The molecule has 3 aliphatic rings. The minimum absolute atomic E-state index is 0.0839. The van der Waals surface area contributed by atoms with Crippen molar-refractivity contribution >= 4 is 17.8 Å². The van der Waals surface area contributed by atoms with E-state index in [4.69, 9.17) is 9.47 Å². The highest BCUT2D eigenvalue weighted by Gasteiger charge is 2.79. The van der Waals surface area contributed by atoms with Crippen molar-refractivity contribution in [2.24, 2.45) is 11.8 Å². The van der Waals surface area contributed by atoms with Crippen molar-refractivity contribution in [1.29, 1.82) is 0 Å². The van der Waals surface area contributed by atoms with E-state index in [-0.39, 0.29) is 31.1 Å². The Morgan fingerprint density at radius 2 is 1.98 bits per heavy atom. The molecule has 224 valence electrons. The normalized spacial score (nSPS) is 29.6. The van der Waals surface area contributed by atoms with E-state index < -0.39 is 41.1 Å². The number of hydrogen-bond acceptors (Lipinski definition) is 6. The van der Waals surface area contributed by atoms with Crippen LogP contribution in [-0.4, -0.2) is 81.8 Å². The van der Waals surface area contributed by atoms with Gasteiger partial charge in [-0.2, -0.15) is 0 Å². The van der Waals surface area contributed by atoms with Gasteiger partial charge in [0.05, 0.1) is 30.8 Å². The number of fused-ring (bicyclic) bond motifs is 1. The number of likely N-dealkylation sites (tertiary alicyclic amines) is 1. The van der Waals surface area contributed by atoms with Gasteiger partial charge in [0.25, 0.3) is 0 Å². The lowest BCUT2D eigenvalue weighted by Crippen LogP contribution is -2.60. The number of amides is 2. The molecular weight excluding hydrogens is 520 g/mol. The molecule has 3 saturated heterocycles. The summed E-state index contributed by atoms with van der Waals surface area (Å²) in [6.07, 6.45) is 7.90. The summed E-state index contributed by atoms with van der Waals surface area (Å²) in [4.78, 5) is 46.0. The number of aliphatic hydroxyl groups excluding tert-OH is 1. The molecule has 7 atom stereocenters. The highest BCUT2D eigenvalue weighted by Crippen LogP contribution is 2.63. The zero-order chi connectivity index (χ0) is 29.8. The quantitative estimate of drug-likeness (QED) is 0.195. The number of benzene rings is 1. The molecule has 1 spiro atoms. The minimum atomic E-state index is -1.18. The van der Waals surface area contributed by atoms with Crippen LogP contribution in [0.1, 0.15) is 64.9 Å². The van der Waals surface area contributed by atoms with Crippen molar-refractivity contribution in [2.45, 2.75) is 95.0 Å². The van der Waals surface area contributed by atoms with Gasteiger partial charge in [0.2, 0.25) is 11.8 Å². The molecule has 8 heteroatoms. The summed E-state index contributed by atoms with van der Waals surface area (Å²) < 4.78 is 12.4. The molecule has 8 nitrogen and oxygen atoms in total. The highest BCUT2D eigenvalue weighted by atomic mass is 16.6. The molecule has 0 radical (unpaired) electrons. The maximum absolute atomic E-state index is 14.6. The van der Waals surface area contributed by atoms with Crippen molar-refractivity contribution in [3.63, 3.8) is 0 Å². The molecule has 4 rings (SSSR count). The van der Waals surface area contributed by atoms with E-state index in [0.29, 0.717) is 32.2 Å². The van der Waals surface area contributed by atoms with E-state index in [9.17, 15) is 19.5 Å². The summed E-state index contributed by atoms with van der Waals surface area (Å²) in [5.41, 5.74) is -1.14. The molecule has 0 aromatic heterocycles. The number of carbonyl (C=O) groups is 3. The fraction of sp³-hybridized carbons (Fsp3) is 0.606. The number of carbonyl (C=O) groups excluding carboxylic acids is 3. The third-order valence-electron chi connectivity index (χ3n) is 9.26. The van der Waals surface area contributed by atoms with E-state index in [0.717, 1.165) is 24.8 Å². The Balaban J connectivity index is 1.77. The average molecular weight is 567 g/mol. The van der Waals surface area contributed by atoms with Crippen LogP contribution >= 0.6 is 0 Å². The fourth-order valence-electron chi connectivity index (χ4n) is 7.38. The van der Waals surface area contributed by atoms with Gasteiger partial charge < -0.3 is 24.4 Å². The number of nitrogens with zero attached hydrogens (tertiary/aromatic N) is 2. The van der Waals surface area contributed by atoms with Gasteiger partial charge in [-0.05, 0) is 57.9 Å². The summed E-state index contributed by atoms with van der Waals surface area (Å²) in [6, 6.07) is 7.90. The molecule has 3 heterocycles. The molecule has 3 fully saturated rings. The minimum Gasteiger partial charge on any atom is -0.465 e. The van der Waals surface area contributed by atoms with Crippen LogP contribution in [0.5, 0.6) is 0 Å². The zero-order valence-electron chi connectivity index (χ0n) is 24.8. The number of ether oxygens (including phenoxy) is 2. The molecule has 3 unspecified atom stereocenters. The lowest BCUT2D eigenvalue weighted by atomic mass is 9.66. The third-order valence-corrected chi connectivity index (χ3v) is 9.26. The predicted octanol–water partition coefficient (Wildman–Crippen LogP) is 4.07. The summed E-state index contributed by atoms with van der Waals surface area (Å²) in [5, 5.41) is 10.6. The number of hydrogen-bond donors (Lipinski definition) is 1. The SMILES string of the molecule is C=CCCCOC(=O)[C@@H]1[C@H]2C(=O)N([C@@H](CO)Cc3ccccc3)C(C(=O)N(CC=C)C(C)CCC)C23CC[C@@]1(C)O3. The number of esters is 1. The highest BCUT2D eigenvalue weighted by molar-refractivity contribution is 5.99. The molecule has 2 bridgehead atoms. The van der Waals surface area contributed by atoms with Crippen LogP contribution in [-0.2, 0) is 30.3 Å². The monoisotopic (exact) mass is 566 g/mol. The molecule has 2 amide bonds. The first-order valence-electron chi connectivity index (χ1n) is 15.0. The van der Waals surface area contributed by atoms with Gasteiger partial charge in [0.1, 0.15) is 17.6 Å². The zero-order valence-corrected chi connectivity index (χ0v) is 24.8. The second kappa shape index (κ2) is 12.9. The topological polar surface area (TPSA) is 96.4 Å². The first kappa shape index (κ1) is 31.0. The molecule has 1 aromatic carbocycles. The van der Waals surface area contributed by atoms with Crippen molar-refractivity contribution in [3.8, 4) is 0 Å². The fourth-order valence-corrected chi connectivity index (χ4v) is 7.38. The standard InChI is InChI=1S/C33H46N2O6/c1-6-9-13-20-40-31(39)27-26-29(37)35(25(22-36)21-24-15-11-10-12-16-24)28(33(26)18-17-32(27,5)41-33)30(38)34(19-8-3)23(4)14-7-2/h6,8,10-12,15-16,23,25-28,36H,1,3,7,9,13-14,17-22H2,2,4-5H3/t23?,25-,26+,27+,28?,32-,33?/m1/s1. The van der Waals surface area contributed by atoms with Crippen molar-refractivity contribution in [1.82, 2.24) is 9.80 Å². The average Bonchev–Trinajstić information content (AvgIpc) is 3.53. The Morgan fingerprint density at radius 3 is 2.61 bits per heavy atom. The summed E-state index contributed by atoms with van der Waals surface area (Å²) in [6.45, 7) is 13.8. The van der Waals surface area contributed by atoms with E-state index in [2.05, 4.69) is 20.1 Å². The third kappa shape index (κ3) is 5.61. The number of allylic oxidation sites excluding steroid dienone is 1. The number of unbranched alkanes of at least 4 members (excludes halogenated alkanes) is 1. The second-order valence-electron chi connectivity index (χ2n) is 12.0. The van der Waals surface area contributed by atoms with Gasteiger partial charge in [-0.1, -0.05) is 55.8 Å². The van der Waals surface area contributed by atoms with Crippen molar-refractivity contribution in [2.75, 3.05) is 19.8 Å². The van der Waals surface area contributed by atoms with E-state index in [1.165, 1.54) is 0 Å². The molecule has 0 saturated carbocycles.